The maximum Gasteiger partial charge on any atom is 0.146 e. The van der Waals surface area contributed by atoms with Crippen molar-refractivity contribution in [3.05, 3.63) is 30.1 Å². The first-order chi connectivity index (χ1) is 8.22. The van der Waals surface area contributed by atoms with Crippen molar-refractivity contribution in [2.45, 2.75) is 19.4 Å². The number of hydrogen-bond donors (Lipinski definition) is 1. The minimum atomic E-state index is -0.215. The topological polar surface area (TPSA) is 39.1 Å². The highest BCUT2D eigenvalue weighted by atomic mass is 19.1. The molecule has 1 rings (SSSR count). The molecule has 0 radical (unpaired) electrons. The Morgan fingerprint density at radius 1 is 1.47 bits per heavy atom. The van der Waals surface area contributed by atoms with Gasteiger partial charge in [0, 0.05) is 13.1 Å². The van der Waals surface area contributed by atoms with Crippen molar-refractivity contribution in [2.75, 3.05) is 25.0 Å². The van der Waals surface area contributed by atoms with E-state index in [4.69, 9.17) is 5.26 Å². The lowest BCUT2D eigenvalue weighted by Crippen LogP contribution is -2.32. The van der Waals surface area contributed by atoms with Crippen molar-refractivity contribution in [3.8, 4) is 6.07 Å². The number of anilines is 1. The molecule has 0 spiro atoms. The molecule has 0 saturated carbocycles. The van der Waals surface area contributed by atoms with Gasteiger partial charge in [0.25, 0.3) is 0 Å². The summed E-state index contributed by atoms with van der Waals surface area (Å²) < 4.78 is 13.6. The molecule has 0 aliphatic rings. The Balaban J connectivity index is 2.67. The second-order valence-electron chi connectivity index (χ2n) is 3.79. The maximum atomic E-state index is 13.6. The highest BCUT2D eigenvalue weighted by molar-refractivity contribution is 5.47. The summed E-state index contributed by atoms with van der Waals surface area (Å²) in [6, 6.07) is 8.70. The first-order valence-corrected chi connectivity index (χ1v) is 5.79. The van der Waals surface area contributed by atoms with Crippen LogP contribution in [0.1, 0.15) is 13.3 Å². The Labute approximate surface area is 102 Å². The fourth-order valence-electron chi connectivity index (χ4n) is 1.72. The van der Waals surface area contributed by atoms with Crippen molar-refractivity contribution in [1.29, 1.82) is 5.26 Å². The van der Waals surface area contributed by atoms with Gasteiger partial charge in [0.05, 0.1) is 17.8 Å². The van der Waals surface area contributed by atoms with Gasteiger partial charge < -0.3 is 10.2 Å². The van der Waals surface area contributed by atoms with Gasteiger partial charge in [-0.05, 0) is 32.5 Å². The third kappa shape index (κ3) is 3.72. The monoisotopic (exact) mass is 235 g/mol. The van der Waals surface area contributed by atoms with Crippen LogP contribution in [0.5, 0.6) is 0 Å². The van der Waals surface area contributed by atoms with Gasteiger partial charge in [-0.1, -0.05) is 12.1 Å². The van der Waals surface area contributed by atoms with Gasteiger partial charge in [0.1, 0.15) is 5.82 Å². The summed E-state index contributed by atoms with van der Waals surface area (Å²) in [6.07, 6.45) is 0.676. The second kappa shape index (κ2) is 6.87. The van der Waals surface area contributed by atoms with Crippen LogP contribution in [0.3, 0.4) is 0 Å². The summed E-state index contributed by atoms with van der Waals surface area (Å²) >= 11 is 0. The lowest BCUT2D eigenvalue weighted by molar-refractivity contribution is 0.590. The number of nitrogens with zero attached hydrogens (tertiary/aromatic N) is 2. The first kappa shape index (κ1) is 13.5. The molecule has 0 aliphatic heterocycles. The van der Waals surface area contributed by atoms with Gasteiger partial charge in [0.15, 0.2) is 0 Å². The second-order valence-corrected chi connectivity index (χ2v) is 3.79. The van der Waals surface area contributed by atoms with Crippen molar-refractivity contribution < 1.29 is 4.39 Å². The normalized spacial score (nSPS) is 11.9. The molecule has 4 heteroatoms. The molecule has 0 amide bonds. The fraction of sp³-hybridized carbons (Fsp3) is 0.462. The standard InChI is InChI=1S/C13H18FN3/c1-3-17(9-8-11(10-15)16-2)13-7-5-4-6-12(13)14/h4-7,11,16H,3,8-9H2,1-2H3. The summed E-state index contributed by atoms with van der Waals surface area (Å²) in [5.41, 5.74) is 0.600. The highest BCUT2D eigenvalue weighted by Gasteiger charge is 2.11. The molecule has 1 unspecified atom stereocenters. The summed E-state index contributed by atoms with van der Waals surface area (Å²) in [7, 11) is 1.76. The SMILES string of the molecule is CCN(CCC(C#N)NC)c1ccccc1F. The van der Waals surface area contributed by atoms with E-state index in [2.05, 4.69) is 11.4 Å². The third-order valence-corrected chi connectivity index (χ3v) is 2.77. The number of nitriles is 1. The van der Waals surface area contributed by atoms with Gasteiger partial charge in [-0.25, -0.2) is 4.39 Å². The Kier molecular flexibility index (Phi) is 5.44. The van der Waals surface area contributed by atoms with Crippen LogP contribution in [-0.2, 0) is 0 Å². The van der Waals surface area contributed by atoms with Crippen molar-refractivity contribution in [3.63, 3.8) is 0 Å². The van der Waals surface area contributed by atoms with Crippen LogP contribution in [0.2, 0.25) is 0 Å². The van der Waals surface area contributed by atoms with E-state index in [9.17, 15) is 4.39 Å². The van der Waals surface area contributed by atoms with Gasteiger partial charge in [-0.15, -0.1) is 0 Å². The van der Waals surface area contributed by atoms with Crippen molar-refractivity contribution in [1.82, 2.24) is 5.32 Å². The summed E-state index contributed by atoms with van der Waals surface area (Å²) in [6.45, 7) is 3.37. The molecule has 1 N–H and O–H groups in total. The highest BCUT2D eigenvalue weighted by Crippen LogP contribution is 2.18. The van der Waals surface area contributed by atoms with Crippen LogP contribution in [0.15, 0.2) is 24.3 Å². The molecule has 1 atom stereocenters. The number of halogens is 1. The Morgan fingerprint density at radius 2 is 2.18 bits per heavy atom. The average Bonchev–Trinajstić information content (AvgIpc) is 2.36. The van der Waals surface area contributed by atoms with E-state index < -0.39 is 0 Å². The number of nitrogens with one attached hydrogen (secondary N) is 1. The van der Waals surface area contributed by atoms with Gasteiger partial charge in [-0.3, -0.25) is 0 Å². The van der Waals surface area contributed by atoms with Crippen LogP contribution in [0.25, 0.3) is 0 Å². The molecule has 3 nitrogen and oxygen atoms in total. The van der Waals surface area contributed by atoms with Crippen LogP contribution < -0.4 is 10.2 Å². The van der Waals surface area contributed by atoms with Gasteiger partial charge >= 0.3 is 0 Å². The molecule has 0 saturated heterocycles. The molecule has 0 aliphatic carbocycles. The van der Waals surface area contributed by atoms with Crippen molar-refractivity contribution >= 4 is 5.69 Å². The zero-order chi connectivity index (χ0) is 12.7. The molecule has 0 heterocycles. The van der Waals surface area contributed by atoms with E-state index in [1.807, 2.05) is 17.9 Å². The maximum absolute atomic E-state index is 13.6. The van der Waals surface area contributed by atoms with E-state index in [0.717, 1.165) is 6.54 Å². The van der Waals surface area contributed by atoms with Crippen LogP contribution in [-0.4, -0.2) is 26.2 Å². The van der Waals surface area contributed by atoms with Crippen LogP contribution >= 0.6 is 0 Å². The number of hydrogen-bond acceptors (Lipinski definition) is 3. The van der Waals surface area contributed by atoms with Crippen LogP contribution in [0, 0.1) is 17.1 Å². The average molecular weight is 235 g/mol. The smallest absolute Gasteiger partial charge is 0.146 e. The summed E-state index contributed by atoms with van der Waals surface area (Å²) in [5, 5.41) is 11.7. The van der Waals surface area contributed by atoms with Crippen LogP contribution in [0.4, 0.5) is 10.1 Å². The fourth-order valence-corrected chi connectivity index (χ4v) is 1.72. The van der Waals surface area contributed by atoms with E-state index in [0.29, 0.717) is 18.7 Å². The molecule has 92 valence electrons. The van der Waals surface area contributed by atoms with Gasteiger partial charge in [-0.2, -0.15) is 5.26 Å². The minimum absolute atomic E-state index is 0.184. The quantitative estimate of drug-likeness (QED) is 0.821. The van der Waals surface area contributed by atoms with E-state index in [1.165, 1.54) is 6.07 Å². The summed E-state index contributed by atoms with van der Waals surface area (Å²) in [4.78, 5) is 1.94. The molecule has 17 heavy (non-hydrogen) atoms. The molecular formula is C13H18FN3. The van der Waals surface area contributed by atoms with Crippen molar-refractivity contribution in [2.24, 2.45) is 0 Å². The van der Waals surface area contributed by atoms with Gasteiger partial charge in [0.2, 0.25) is 0 Å². The number of benzene rings is 1. The molecule has 0 aromatic heterocycles. The summed E-state index contributed by atoms with van der Waals surface area (Å²) in [5.74, 6) is -0.215. The molecule has 0 fully saturated rings. The molecule has 0 bridgehead atoms. The largest absolute Gasteiger partial charge is 0.369 e. The predicted molar refractivity (Wildman–Crippen MR) is 67.4 cm³/mol. The Hall–Kier alpha value is -1.60. The van der Waals surface area contributed by atoms with E-state index in [1.54, 1.807) is 19.2 Å². The van der Waals surface area contributed by atoms with E-state index >= 15 is 0 Å². The zero-order valence-electron chi connectivity index (χ0n) is 10.3. The van der Waals surface area contributed by atoms with E-state index in [-0.39, 0.29) is 11.9 Å². The Morgan fingerprint density at radius 3 is 2.71 bits per heavy atom. The predicted octanol–water partition coefficient (Wildman–Crippen LogP) is 2.15. The first-order valence-electron chi connectivity index (χ1n) is 5.79. The molecule has 1 aromatic carbocycles. The molecular weight excluding hydrogens is 217 g/mol. The number of para-hydroxylation sites is 1. The lowest BCUT2D eigenvalue weighted by Gasteiger charge is -2.24. The minimum Gasteiger partial charge on any atom is -0.369 e. The Bertz CT molecular complexity index is 386. The number of rotatable bonds is 6. The third-order valence-electron chi connectivity index (χ3n) is 2.77. The molecule has 1 aromatic rings. The lowest BCUT2D eigenvalue weighted by atomic mass is 10.2. The zero-order valence-corrected chi connectivity index (χ0v) is 10.3.